The molecule has 172 valence electrons. The molecule has 4 aliphatic rings. The number of piperidine rings is 2. The molecular formula is C27H36FN3O. The molecule has 0 amide bonds. The zero-order valence-corrected chi connectivity index (χ0v) is 19.2. The fourth-order valence-corrected chi connectivity index (χ4v) is 6.23. The molecule has 2 aromatic rings. The van der Waals surface area contributed by atoms with Crippen molar-refractivity contribution in [2.75, 3.05) is 20.1 Å². The highest BCUT2D eigenvalue weighted by molar-refractivity contribution is 5.37. The van der Waals surface area contributed by atoms with E-state index < -0.39 is 0 Å². The predicted molar refractivity (Wildman–Crippen MR) is 126 cm³/mol. The number of phenols is 1. The van der Waals surface area contributed by atoms with Gasteiger partial charge in [-0.15, -0.1) is 0 Å². The number of phenolic OH excluding ortho intramolecular Hbond substituents is 1. The Hall–Kier alpha value is -1.95. The van der Waals surface area contributed by atoms with E-state index in [1.165, 1.54) is 19.3 Å². The van der Waals surface area contributed by atoms with Gasteiger partial charge in [-0.25, -0.2) is 4.39 Å². The lowest BCUT2D eigenvalue weighted by Gasteiger charge is -2.50. The first kappa shape index (κ1) is 21.9. The van der Waals surface area contributed by atoms with E-state index >= 15 is 0 Å². The zero-order chi connectivity index (χ0) is 22.1. The van der Waals surface area contributed by atoms with Crippen LogP contribution in [0.1, 0.15) is 61.6 Å². The van der Waals surface area contributed by atoms with Crippen LogP contribution in [0.25, 0.3) is 0 Å². The molecule has 32 heavy (non-hydrogen) atoms. The SMILES string of the molecule is CN1CC2CCC1CN2Cc1cc(CNC2(c3ccccc3F)CCCCC2)ccc1O. The maximum absolute atomic E-state index is 14.7. The summed E-state index contributed by atoms with van der Waals surface area (Å²) in [7, 11) is 2.23. The topological polar surface area (TPSA) is 38.7 Å². The summed E-state index contributed by atoms with van der Waals surface area (Å²) in [6.45, 7) is 3.68. The average Bonchev–Trinajstić information content (AvgIpc) is 2.81. The van der Waals surface area contributed by atoms with Gasteiger partial charge in [0.2, 0.25) is 0 Å². The van der Waals surface area contributed by atoms with Crippen LogP contribution < -0.4 is 5.32 Å². The summed E-state index contributed by atoms with van der Waals surface area (Å²) in [5.41, 5.74) is 2.65. The standard InChI is InChI=1S/C27H36FN3O/c1-30-18-23-11-10-22(30)19-31(23)17-21-15-20(9-12-26(21)32)16-29-27(13-5-2-6-14-27)24-7-3-4-8-25(24)28/h3-4,7-9,12,15,22-23,29,32H,2,5-6,10-11,13-14,16-19H2,1H3. The lowest BCUT2D eigenvalue weighted by atomic mass is 9.76. The molecule has 2 bridgehead atoms. The molecule has 3 saturated heterocycles. The van der Waals surface area contributed by atoms with Gasteiger partial charge in [0.15, 0.2) is 0 Å². The quantitative estimate of drug-likeness (QED) is 0.684. The van der Waals surface area contributed by atoms with Gasteiger partial charge in [0.1, 0.15) is 11.6 Å². The summed E-state index contributed by atoms with van der Waals surface area (Å²) in [6, 6.07) is 14.4. The van der Waals surface area contributed by atoms with Crippen LogP contribution in [0.5, 0.6) is 5.75 Å². The Labute approximate surface area is 191 Å². The molecule has 3 aliphatic heterocycles. The molecule has 0 spiro atoms. The van der Waals surface area contributed by atoms with Crippen LogP contribution in [0, 0.1) is 5.82 Å². The van der Waals surface area contributed by atoms with Crippen molar-refractivity contribution in [2.45, 2.75) is 75.7 Å². The van der Waals surface area contributed by atoms with Crippen LogP contribution in [-0.2, 0) is 18.6 Å². The smallest absolute Gasteiger partial charge is 0.128 e. The molecule has 1 saturated carbocycles. The predicted octanol–water partition coefficient (Wildman–Crippen LogP) is 4.76. The summed E-state index contributed by atoms with van der Waals surface area (Å²) in [6.07, 6.45) is 7.91. The van der Waals surface area contributed by atoms with E-state index in [-0.39, 0.29) is 11.4 Å². The van der Waals surface area contributed by atoms with Crippen LogP contribution in [0.2, 0.25) is 0 Å². The maximum atomic E-state index is 14.7. The highest BCUT2D eigenvalue weighted by Crippen LogP contribution is 2.39. The highest BCUT2D eigenvalue weighted by Gasteiger charge is 2.37. The van der Waals surface area contributed by atoms with Crippen LogP contribution in [0.3, 0.4) is 0 Å². The Morgan fingerprint density at radius 2 is 1.81 bits per heavy atom. The van der Waals surface area contributed by atoms with E-state index in [9.17, 15) is 9.50 Å². The van der Waals surface area contributed by atoms with Crippen molar-refractivity contribution in [1.29, 1.82) is 0 Å². The monoisotopic (exact) mass is 437 g/mol. The van der Waals surface area contributed by atoms with Gasteiger partial charge in [-0.05, 0) is 56.5 Å². The molecule has 5 heteroatoms. The lowest BCUT2D eigenvalue weighted by Crippen LogP contribution is -2.60. The number of halogens is 1. The molecule has 2 N–H and O–H groups in total. The molecule has 3 heterocycles. The molecule has 6 rings (SSSR count). The van der Waals surface area contributed by atoms with E-state index in [4.69, 9.17) is 0 Å². The minimum absolute atomic E-state index is 0.113. The molecule has 0 radical (unpaired) electrons. The first-order valence-corrected chi connectivity index (χ1v) is 12.3. The lowest BCUT2D eigenvalue weighted by molar-refractivity contribution is -0.0114. The Morgan fingerprint density at radius 1 is 1.03 bits per heavy atom. The molecule has 2 aromatic carbocycles. The Morgan fingerprint density at radius 3 is 2.53 bits per heavy atom. The molecule has 4 fully saturated rings. The molecule has 1 aliphatic carbocycles. The third kappa shape index (κ3) is 4.30. The summed E-state index contributed by atoms with van der Waals surface area (Å²) >= 11 is 0. The maximum Gasteiger partial charge on any atom is 0.128 e. The first-order valence-electron chi connectivity index (χ1n) is 12.3. The number of piperazine rings is 1. The number of hydrogen-bond acceptors (Lipinski definition) is 4. The van der Waals surface area contributed by atoms with Crippen molar-refractivity contribution in [3.8, 4) is 5.75 Å². The van der Waals surface area contributed by atoms with Gasteiger partial charge in [-0.3, -0.25) is 4.90 Å². The second-order valence-corrected chi connectivity index (χ2v) is 10.2. The van der Waals surface area contributed by atoms with Gasteiger partial charge >= 0.3 is 0 Å². The highest BCUT2D eigenvalue weighted by atomic mass is 19.1. The van der Waals surface area contributed by atoms with Crippen molar-refractivity contribution in [3.63, 3.8) is 0 Å². The molecule has 2 atom stereocenters. The van der Waals surface area contributed by atoms with Gasteiger partial charge in [0, 0.05) is 54.9 Å². The van der Waals surface area contributed by atoms with Crippen molar-refractivity contribution in [2.24, 2.45) is 0 Å². The molecule has 0 aromatic heterocycles. The minimum Gasteiger partial charge on any atom is -0.508 e. The third-order valence-corrected chi connectivity index (χ3v) is 8.16. The van der Waals surface area contributed by atoms with Gasteiger partial charge in [0.25, 0.3) is 0 Å². The fourth-order valence-electron chi connectivity index (χ4n) is 6.23. The summed E-state index contributed by atoms with van der Waals surface area (Å²) in [4.78, 5) is 5.03. The molecule has 4 nitrogen and oxygen atoms in total. The Balaban J connectivity index is 1.32. The van der Waals surface area contributed by atoms with E-state index in [0.29, 0.717) is 24.4 Å². The zero-order valence-electron chi connectivity index (χ0n) is 19.2. The number of aromatic hydroxyl groups is 1. The fraction of sp³-hybridized carbons (Fsp3) is 0.556. The van der Waals surface area contributed by atoms with E-state index in [1.54, 1.807) is 12.1 Å². The second-order valence-electron chi connectivity index (χ2n) is 10.2. The van der Waals surface area contributed by atoms with Crippen LogP contribution in [0.15, 0.2) is 42.5 Å². The number of nitrogens with zero attached hydrogens (tertiary/aromatic N) is 2. The first-order chi connectivity index (χ1) is 15.5. The number of benzene rings is 2. The van der Waals surface area contributed by atoms with Crippen molar-refractivity contribution in [3.05, 3.63) is 65.0 Å². The average molecular weight is 438 g/mol. The minimum atomic E-state index is -0.307. The van der Waals surface area contributed by atoms with E-state index in [0.717, 1.165) is 62.0 Å². The number of nitrogens with one attached hydrogen (secondary N) is 1. The number of fused-ring (bicyclic) bond motifs is 3. The Kier molecular flexibility index (Phi) is 6.24. The van der Waals surface area contributed by atoms with Gasteiger partial charge in [-0.1, -0.05) is 43.5 Å². The van der Waals surface area contributed by atoms with Gasteiger partial charge in [-0.2, -0.15) is 0 Å². The number of hydrogen-bond donors (Lipinski definition) is 2. The van der Waals surface area contributed by atoms with Gasteiger partial charge in [0.05, 0.1) is 0 Å². The summed E-state index contributed by atoms with van der Waals surface area (Å²) < 4.78 is 14.7. The summed E-state index contributed by atoms with van der Waals surface area (Å²) in [5.74, 6) is 0.267. The van der Waals surface area contributed by atoms with Crippen LogP contribution >= 0.6 is 0 Å². The van der Waals surface area contributed by atoms with Crippen LogP contribution in [-0.4, -0.2) is 47.1 Å². The third-order valence-electron chi connectivity index (χ3n) is 8.16. The van der Waals surface area contributed by atoms with Crippen molar-refractivity contribution in [1.82, 2.24) is 15.1 Å². The van der Waals surface area contributed by atoms with Gasteiger partial charge < -0.3 is 15.3 Å². The normalized spacial score (nSPS) is 25.8. The second kappa shape index (κ2) is 9.12. The number of likely N-dealkylation sites (N-methyl/N-ethyl adjacent to an activating group) is 1. The van der Waals surface area contributed by atoms with Crippen molar-refractivity contribution >= 4 is 0 Å². The Bertz CT molecular complexity index is 942. The molecular weight excluding hydrogens is 401 g/mol. The van der Waals surface area contributed by atoms with Crippen LogP contribution in [0.4, 0.5) is 4.39 Å². The number of rotatable bonds is 6. The summed E-state index contributed by atoms with van der Waals surface area (Å²) in [5, 5.41) is 14.3. The van der Waals surface area contributed by atoms with E-state index in [1.807, 2.05) is 24.3 Å². The van der Waals surface area contributed by atoms with E-state index in [2.05, 4.69) is 28.2 Å². The molecule has 2 unspecified atom stereocenters. The largest absolute Gasteiger partial charge is 0.508 e. The van der Waals surface area contributed by atoms with Crippen molar-refractivity contribution < 1.29 is 9.50 Å².